The minimum atomic E-state index is -0.711. The number of pyridine rings is 1. The summed E-state index contributed by atoms with van der Waals surface area (Å²) in [5.74, 6) is -0.974. The Hall–Kier alpha value is -2.68. The van der Waals surface area contributed by atoms with Crippen molar-refractivity contribution in [1.82, 2.24) is 14.8 Å². The summed E-state index contributed by atoms with van der Waals surface area (Å²) in [4.78, 5) is 15.3. The number of anilines is 2. The van der Waals surface area contributed by atoms with Crippen molar-refractivity contribution in [2.24, 2.45) is 5.73 Å². The van der Waals surface area contributed by atoms with Gasteiger partial charge in [0.2, 0.25) is 11.8 Å². The van der Waals surface area contributed by atoms with Crippen LogP contribution in [-0.4, -0.2) is 41.0 Å². The van der Waals surface area contributed by atoms with E-state index in [0.29, 0.717) is 12.3 Å². The van der Waals surface area contributed by atoms with Crippen molar-refractivity contribution in [3.8, 4) is 5.88 Å². The van der Waals surface area contributed by atoms with Gasteiger partial charge < -0.3 is 20.5 Å². The van der Waals surface area contributed by atoms with Crippen LogP contribution in [0, 0.1) is 5.95 Å². The number of halogens is 1. The monoisotopic (exact) mass is 335 g/mol. The molecule has 128 valence electrons. The van der Waals surface area contributed by atoms with Crippen molar-refractivity contribution in [3.05, 3.63) is 29.8 Å². The highest BCUT2D eigenvalue weighted by Gasteiger charge is 2.21. The van der Waals surface area contributed by atoms with E-state index in [1.54, 1.807) is 10.9 Å². The minimum absolute atomic E-state index is 0.0381. The van der Waals surface area contributed by atoms with Crippen molar-refractivity contribution in [1.29, 1.82) is 0 Å². The molecular weight excluding hydrogens is 317 g/mol. The van der Waals surface area contributed by atoms with Gasteiger partial charge in [-0.1, -0.05) is 0 Å². The Morgan fingerprint density at radius 3 is 3.04 bits per heavy atom. The smallest absolute Gasteiger partial charge is 0.254 e. The number of aromatic nitrogens is 3. The van der Waals surface area contributed by atoms with E-state index in [-0.39, 0.29) is 23.3 Å². The lowest BCUT2D eigenvalue weighted by atomic mass is 10.1. The molecule has 0 unspecified atom stereocenters. The molecule has 1 amide bonds. The van der Waals surface area contributed by atoms with Crippen molar-refractivity contribution in [3.63, 3.8) is 0 Å². The summed E-state index contributed by atoms with van der Waals surface area (Å²) in [5.41, 5.74) is 6.00. The first-order valence-electron chi connectivity index (χ1n) is 7.52. The summed E-state index contributed by atoms with van der Waals surface area (Å²) in [5, 5.41) is 7.27. The summed E-state index contributed by atoms with van der Waals surface area (Å²) in [6.07, 6.45) is 3.40. The van der Waals surface area contributed by atoms with Crippen LogP contribution in [0.4, 0.5) is 15.9 Å². The Labute approximate surface area is 137 Å². The fraction of sp³-hybridized carbons (Fsp3) is 0.400. The second-order valence-corrected chi connectivity index (χ2v) is 5.45. The van der Waals surface area contributed by atoms with Gasteiger partial charge in [-0.3, -0.25) is 9.48 Å². The molecule has 9 heteroatoms. The summed E-state index contributed by atoms with van der Waals surface area (Å²) in [6, 6.07) is 2.71. The zero-order valence-corrected chi connectivity index (χ0v) is 13.2. The van der Waals surface area contributed by atoms with Crippen LogP contribution in [0.5, 0.6) is 5.88 Å². The Morgan fingerprint density at radius 1 is 1.54 bits per heavy atom. The van der Waals surface area contributed by atoms with Crippen molar-refractivity contribution in [2.75, 3.05) is 25.6 Å². The Balaban J connectivity index is 1.90. The first-order valence-corrected chi connectivity index (χ1v) is 7.52. The molecule has 1 saturated heterocycles. The van der Waals surface area contributed by atoms with Crippen LogP contribution in [0.25, 0.3) is 0 Å². The first-order chi connectivity index (χ1) is 11.6. The quantitative estimate of drug-likeness (QED) is 0.805. The highest BCUT2D eigenvalue weighted by molar-refractivity contribution is 5.98. The van der Waals surface area contributed by atoms with Gasteiger partial charge in [0.25, 0.3) is 5.91 Å². The molecule has 1 aliphatic heterocycles. The maximum absolute atomic E-state index is 13.5. The molecule has 1 aliphatic rings. The zero-order valence-electron chi connectivity index (χ0n) is 13.2. The van der Waals surface area contributed by atoms with Gasteiger partial charge in [0.1, 0.15) is 5.56 Å². The van der Waals surface area contributed by atoms with Gasteiger partial charge in [0.05, 0.1) is 19.8 Å². The lowest BCUT2D eigenvalue weighted by Gasteiger charge is -2.22. The van der Waals surface area contributed by atoms with Gasteiger partial charge in [-0.2, -0.15) is 14.5 Å². The topological polar surface area (TPSA) is 104 Å². The van der Waals surface area contributed by atoms with Crippen molar-refractivity contribution >= 4 is 17.4 Å². The molecule has 0 radical (unpaired) electrons. The molecule has 3 heterocycles. The number of hydrogen-bond acceptors (Lipinski definition) is 6. The molecule has 1 atom stereocenters. The molecule has 3 N–H and O–H groups in total. The molecule has 1 fully saturated rings. The molecule has 8 nitrogen and oxygen atoms in total. The molecule has 24 heavy (non-hydrogen) atoms. The summed E-state index contributed by atoms with van der Waals surface area (Å²) in [7, 11) is 1.39. The van der Waals surface area contributed by atoms with Gasteiger partial charge in [0.15, 0.2) is 5.82 Å². The zero-order chi connectivity index (χ0) is 17.1. The van der Waals surface area contributed by atoms with E-state index in [4.69, 9.17) is 15.2 Å². The Morgan fingerprint density at radius 2 is 2.38 bits per heavy atom. The van der Waals surface area contributed by atoms with E-state index in [1.165, 1.54) is 19.2 Å². The van der Waals surface area contributed by atoms with Crippen molar-refractivity contribution in [2.45, 2.75) is 18.9 Å². The van der Waals surface area contributed by atoms with Gasteiger partial charge in [0, 0.05) is 30.6 Å². The summed E-state index contributed by atoms with van der Waals surface area (Å²) >= 11 is 0. The van der Waals surface area contributed by atoms with E-state index >= 15 is 0 Å². The predicted octanol–water partition coefficient (Wildman–Crippen LogP) is 1.62. The van der Waals surface area contributed by atoms with Crippen LogP contribution in [0.3, 0.4) is 0 Å². The molecular formula is C15H18FN5O3. The second-order valence-electron chi connectivity index (χ2n) is 5.45. The van der Waals surface area contributed by atoms with E-state index in [1.807, 2.05) is 0 Å². The van der Waals surface area contributed by atoms with Gasteiger partial charge in [-0.15, -0.1) is 0 Å². The largest absolute Gasteiger partial charge is 0.481 e. The Kier molecular flexibility index (Phi) is 4.61. The number of carbonyl (C=O) groups excluding carboxylic acids is 1. The molecule has 0 saturated carbocycles. The summed E-state index contributed by atoms with van der Waals surface area (Å²) in [6.45, 7) is 1.25. The number of rotatable bonds is 5. The van der Waals surface area contributed by atoms with E-state index in [0.717, 1.165) is 19.4 Å². The standard InChI is InChI=1S/C15H18FN5O3/c1-23-13-6-9(5-12(16)19-13)18-15-11(14(17)22)7-21(20-15)10-3-2-4-24-8-10/h5-7,10H,2-4,8H2,1H3,(H2,17,22)(H,18,19,20)/t10-/m1/s1. The van der Waals surface area contributed by atoms with Crippen LogP contribution in [0.15, 0.2) is 18.3 Å². The predicted molar refractivity (Wildman–Crippen MR) is 83.9 cm³/mol. The number of amides is 1. The van der Waals surface area contributed by atoms with Crippen molar-refractivity contribution < 1.29 is 18.7 Å². The van der Waals surface area contributed by atoms with Crippen LogP contribution >= 0.6 is 0 Å². The fourth-order valence-corrected chi connectivity index (χ4v) is 2.57. The second kappa shape index (κ2) is 6.83. The van der Waals surface area contributed by atoms with Crippen LogP contribution in [0.1, 0.15) is 29.2 Å². The van der Waals surface area contributed by atoms with Gasteiger partial charge in [-0.05, 0) is 12.8 Å². The molecule has 0 aliphatic carbocycles. The third kappa shape index (κ3) is 3.46. The lowest BCUT2D eigenvalue weighted by molar-refractivity contribution is 0.0550. The van der Waals surface area contributed by atoms with Gasteiger partial charge in [-0.25, -0.2) is 0 Å². The summed E-state index contributed by atoms with van der Waals surface area (Å²) < 4.78 is 25.5. The van der Waals surface area contributed by atoms with Crippen LogP contribution < -0.4 is 15.8 Å². The maximum Gasteiger partial charge on any atom is 0.254 e. The molecule has 0 bridgehead atoms. The average molecular weight is 335 g/mol. The van der Waals surface area contributed by atoms with E-state index in [9.17, 15) is 9.18 Å². The third-order valence-electron chi connectivity index (χ3n) is 3.75. The molecule has 2 aromatic rings. The lowest BCUT2D eigenvalue weighted by Crippen LogP contribution is -2.21. The Bertz CT molecular complexity index is 743. The number of primary amides is 1. The van der Waals surface area contributed by atoms with E-state index in [2.05, 4.69) is 15.4 Å². The van der Waals surface area contributed by atoms with Crippen LogP contribution in [-0.2, 0) is 4.74 Å². The fourth-order valence-electron chi connectivity index (χ4n) is 2.57. The van der Waals surface area contributed by atoms with Crippen LogP contribution in [0.2, 0.25) is 0 Å². The third-order valence-corrected chi connectivity index (χ3v) is 3.75. The normalized spacial score (nSPS) is 17.5. The maximum atomic E-state index is 13.5. The molecule has 0 spiro atoms. The highest BCUT2D eigenvalue weighted by Crippen LogP contribution is 2.26. The minimum Gasteiger partial charge on any atom is -0.481 e. The number of nitrogens with zero attached hydrogens (tertiary/aromatic N) is 3. The number of ether oxygens (including phenoxy) is 2. The number of methoxy groups -OCH3 is 1. The average Bonchev–Trinajstić information content (AvgIpc) is 2.99. The van der Waals surface area contributed by atoms with Gasteiger partial charge >= 0.3 is 0 Å². The highest BCUT2D eigenvalue weighted by atomic mass is 19.1. The first kappa shape index (κ1) is 16.2. The number of nitrogens with two attached hydrogens (primary N) is 1. The molecule has 0 aromatic carbocycles. The number of carbonyl (C=O) groups is 1. The van der Waals surface area contributed by atoms with E-state index < -0.39 is 11.9 Å². The number of hydrogen-bond donors (Lipinski definition) is 2. The molecule has 3 rings (SSSR count). The number of nitrogens with one attached hydrogen (secondary N) is 1. The SMILES string of the molecule is COc1cc(Nc2nn([C@@H]3CCCOC3)cc2C(N)=O)cc(F)n1. The molecule has 2 aromatic heterocycles.